The number of anilines is 1. The van der Waals surface area contributed by atoms with Gasteiger partial charge in [-0.1, -0.05) is 32.0 Å². The van der Waals surface area contributed by atoms with E-state index in [9.17, 15) is 4.79 Å². The zero-order valence-corrected chi connectivity index (χ0v) is 16.2. The number of hydrogen-bond acceptors (Lipinski definition) is 3. The molecule has 0 aliphatic heterocycles. The van der Waals surface area contributed by atoms with Crippen LogP contribution in [-0.4, -0.2) is 35.5 Å². The van der Waals surface area contributed by atoms with Crippen LogP contribution in [-0.2, 0) is 6.42 Å². The number of para-hydroxylation sites is 1. The van der Waals surface area contributed by atoms with E-state index in [4.69, 9.17) is 0 Å². The number of benzene rings is 1. The van der Waals surface area contributed by atoms with Crippen molar-refractivity contribution in [2.45, 2.75) is 33.1 Å². The molecule has 3 rings (SSSR count). The summed E-state index contributed by atoms with van der Waals surface area (Å²) in [5.74, 6) is -0.121. The molecule has 0 spiro atoms. The van der Waals surface area contributed by atoms with Crippen LogP contribution in [0.5, 0.6) is 0 Å². The molecular weight excluding hydrogens is 336 g/mol. The second-order valence-electron chi connectivity index (χ2n) is 6.75. The topological polar surface area (TPSA) is 61.0 Å². The summed E-state index contributed by atoms with van der Waals surface area (Å²) < 4.78 is 0. The van der Waals surface area contributed by atoms with Gasteiger partial charge in [-0.05, 0) is 43.0 Å². The molecule has 3 aromatic rings. The molecule has 2 heterocycles. The molecule has 0 aliphatic carbocycles. The quantitative estimate of drug-likeness (QED) is 0.599. The Morgan fingerprint density at radius 2 is 1.93 bits per heavy atom. The monoisotopic (exact) mass is 364 g/mol. The number of H-pyrrole nitrogens is 1. The van der Waals surface area contributed by atoms with Crippen LogP contribution in [0.3, 0.4) is 0 Å². The predicted octanol–water partition coefficient (Wildman–Crippen LogP) is 4.16. The largest absolute Gasteiger partial charge is 0.371 e. The average molecular weight is 364 g/mol. The Kier molecular flexibility index (Phi) is 6.47. The molecule has 5 nitrogen and oxygen atoms in total. The van der Waals surface area contributed by atoms with Gasteiger partial charge in [-0.2, -0.15) is 0 Å². The minimum Gasteiger partial charge on any atom is -0.371 e. The minimum absolute atomic E-state index is 0.121. The number of amides is 1. The van der Waals surface area contributed by atoms with Gasteiger partial charge in [-0.3, -0.25) is 9.78 Å². The first-order chi connectivity index (χ1) is 13.2. The van der Waals surface area contributed by atoms with Crippen LogP contribution in [0, 0.1) is 0 Å². The lowest BCUT2D eigenvalue weighted by Gasteiger charge is -2.23. The summed E-state index contributed by atoms with van der Waals surface area (Å²) >= 11 is 0. The Hall–Kier alpha value is -2.82. The van der Waals surface area contributed by atoms with Gasteiger partial charge in [0.25, 0.3) is 5.91 Å². The summed E-state index contributed by atoms with van der Waals surface area (Å²) in [6.45, 7) is 6.89. The highest BCUT2D eigenvalue weighted by Crippen LogP contribution is 2.18. The number of nitrogens with zero attached hydrogens (tertiary/aromatic N) is 2. The van der Waals surface area contributed by atoms with Gasteiger partial charge in [0.1, 0.15) is 5.69 Å². The molecular formula is C22H28N4O. The Labute approximate surface area is 160 Å². The van der Waals surface area contributed by atoms with Gasteiger partial charge in [-0.15, -0.1) is 0 Å². The molecule has 0 saturated heterocycles. The number of carbonyl (C=O) groups is 1. The molecule has 27 heavy (non-hydrogen) atoms. The highest BCUT2D eigenvalue weighted by atomic mass is 16.1. The Balaban J connectivity index is 1.61. The number of fused-ring (bicyclic) bond motifs is 1. The van der Waals surface area contributed by atoms with Crippen LogP contribution in [0.4, 0.5) is 5.69 Å². The molecule has 0 atom stereocenters. The van der Waals surface area contributed by atoms with E-state index in [0.717, 1.165) is 43.6 Å². The van der Waals surface area contributed by atoms with Crippen molar-refractivity contribution in [3.05, 3.63) is 60.0 Å². The molecule has 0 aliphatic rings. The minimum atomic E-state index is -0.121. The number of carbonyl (C=O) groups excluding carboxylic acids is 1. The fourth-order valence-corrected chi connectivity index (χ4v) is 3.39. The van der Waals surface area contributed by atoms with E-state index in [-0.39, 0.29) is 5.91 Å². The highest BCUT2D eigenvalue weighted by Gasteiger charge is 2.11. The number of hydrogen-bond donors (Lipinski definition) is 2. The predicted molar refractivity (Wildman–Crippen MR) is 111 cm³/mol. The summed E-state index contributed by atoms with van der Waals surface area (Å²) in [6.07, 6.45) is 6.68. The number of pyridine rings is 1. The van der Waals surface area contributed by atoms with Crippen molar-refractivity contribution in [2.24, 2.45) is 0 Å². The van der Waals surface area contributed by atoms with Gasteiger partial charge in [0.15, 0.2) is 0 Å². The van der Waals surface area contributed by atoms with Crippen LogP contribution >= 0.6 is 0 Å². The SMILES string of the molecule is CCCN(CCC)c1ccnc(C(=O)NCCc2c[nH]c3ccccc23)c1. The van der Waals surface area contributed by atoms with Crippen LogP contribution in [0.1, 0.15) is 42.7 Å². The first-order valence-corrected chi connectivity index (χ1v) is 9.77. The van der Waals surface area contributed by atoms with Gasteiger partial charge in [0, 0.05) is 48.6 Å². The highest BCUT2D eigenvalue weighted by molar-refractivity contribution is 5.93. The van der Waals surface area contributed by atoms with Crippen molar-refractivity contribution in [2.75, 3.05) is 24.5 Å². The van der Waals surface area contributed by atoms with E-state index in [1.165, 1.54) is 10.9 Å². The van der Waals surface area contributed by atoms with E-state index in [1.54, 1.807) is 6.20 Å². The molecule has 2 N–H and O–H groups in total. The lowest BCUT2D eigenvalue weighted by molar-refractivity contribution is 0.0949. The van der Waals surface area contributed by atoms with Gasteiger partial charge in [-0.25, -0.2) is 0 Å². The first-order valence-electron chi connectivity index (χ1n) is 9.77. The fourth-order valence-electron chi connectivity index (χ4n) is 3.39. The fraction of sp³-hybridized carbons (Fsp3) is 0.364. The maximum atomic E-state index is 12.5. The first kappa shape index (κ1) is 19.0. The summed E-state index contributed by atoms with van der Waals surface area (Å²) in [6, 6.07) is 12.1. The molecule has 0 fully saturated rings. The second kappa shape index (κ2) is 9.21. The van der Waals surface area contributed by atoms with E-state index in [1.807, 2.05) is 30.5 Å². The van der Waals surface area contributed by atoms with Crippen LogP contribution in [0.2, 0.25) is 0 Å². The van der Waals surface area contributed by atoms with Crippen molar-refractivity contribution >= 4 is 22.5 Å². The van der Waals surface area contributed by atoms with Crippen LogP contribution in [0.25, 0.3) is 10.9 Å². The molecule has 0 saturated carbocycles. The Morgan fingerprint density at radius 3 is 2.70 bits per heavy atom. The van der Waals surface area contributed by atoms with Gasteiger partial charge in [0.05, 0.1) is 0 Å². The van der Waals surface area contributed by atoms with Gasteiger partial charge < -0.3 is 15.2 Å². The van der Waals surface area contributed by atoms with Crippen molar-refractivity contribution in [1.29, 1.82) is 0 Å². The van der Waals surface area contributed by atoms with E-state index in [2.05, 4.69) is 46.2 Å². The van der Waals surface area contributed by atoms with E-state index in [0.29, 0.717) is 12.2 Å². The summed E-state index contributed by atoms with van der Waals surface area (Å²) in [4.78, 5) is 22.4. The standard InChI is InChI=1S/C22H28N4O/c1-3-13-26(14-4-2)18-10-12-23-21(15-18)22(27)24-11-9-17-16-25-20-8-6-5-7-19(17)20/h5-8,10,12,15-16,25H,3-4,9,11,13-14H2,1-2H3,(H,24,27). The number of aromatic nitrogens is 2. The molecule has 0 unspecified atom stereocenters. The van der Waals surface area contributed by atoms with E-state index >= 15 is 0 Å². The molecule has 5 heteroatoms. The number of rotatable bonds is 9. The van der Waals surface area contributed by atoms with Crippen LogP contribution in [0.15, 0.2) is 48.8 Å². The van der Waals surface area contributed by atoms with Gasteiger partial charge in [0.2, 0.25) is 0 Å². The molecule has 1 amide bonds. The second-order valence-corrected chi connectivity index (χ2v) is 6.75. The van der Waals surface area contributed by atoms with Crippen molar-refractivity contribution in [3.8, 4) is 0 Å². The van der Waals surface area contributed by atoms with Crippen molar-refractivity contribution < 1.29 is 4.79 Å². The number of nitrogens with one attached hydrogen (secondary N) is 2. The Morgan fingerprint density at radius 1 is 1.15 bits per heavy atom. The molecule has 0 bridgehead atoms. The van der Waals surface area contributed by atoms with Crippen molar-refractivity contribution in [1.82, 2.24) is 15.3 Å². The van der Waals surface area contributed by atoms with E-state index < -0.39 is 0 Å². The lowest BCUT2D eigenvalue weighted by Crippen LogP contribution is -2.28. The van der Waals surface area contributed by atoms with Crippen molar-refractivity contribution in [3.63, 3.8) is 0 Å². The molecule has 142 valence electrons. The third kappa shape index (κ3) is 4.67. The third-order valence-corrected chi connectivity index (χ3v) is 4.68. The van der Waals surface area contributed by atoms with Gasteiger partial charge >= 0.3 is 0 Å². The lowest BCUT2D eigenvalue weighted by atomic mass is 10.1. The molecule has 2 aromatic heterocycles. The third-order valence-electron chi connectivity index (χ3n) is 4.68. The Bertz CT molecular complexity index is 881. The smallest absolute Gasteiger partial charge is 0.269 e. The maximum absolute atomic E-state index is 12.5. The zero-order valence-electron chi connectivity index (χ0n) is 16.2. The van der Waals surface area contributed by atoms with Crippen LogP contribution < -0.4 is 10.2 Å². The summed E-state index contributed by atoms with van der Waals surface area (Å²) in [5, 5.41) is 4.21. The molecule has 1 aromatic carbocycles. The number of aromatic amines is 1. The molecule has 0 radical (unpaired) electrons. The maximum Gasteiger partial charge on any atom is 0.269 e. The normalized spacial score (nSPS) is 10.9. The summed E-state index contributed by atoms with van der Waals surface area (Å²) in [5.41, 5.74) is 3.88. The summed E-state index contributed by atoms with van der Waals surface area (Å²) in [7, 11) is 0. The zero-order chi connectivity index (χ0) is 19.1. The average Bonchev–Trinajstić information content (AvgIpc) is 3.11.